The number of carbonyl (C=O) groups is 1. The SMILES string of the molecule is CCOc1ccc(S(=O)(=O)Nc2ccc(C3(C(=O)NC4CC4)CC3)cc2)cc1. The Morgan fingerprint density at radius 2 is 1.71 bits per heavy atom. The van der Waals surface area contributed by atoms with E-state index in [2.05, 4.69) is 10.0 Å². The Balaban J connectivity index is 1.46. The Bertz CT molecular complexity index is 960. The molecule has 0 unspecified atom stereocenters. The molecule has 2 N–H and O–H groups in total. The van der Waals surface area contributed by atoms with Crippen molar-refractivity contribution in [2.75, 3.05) is 11.3 Å². The molecule has 2 aliphatic carbocycles. The summed E-state index contributed by atoms with van der Waals surface area (Å²) in [4.78, 5) is 12.7. The van der Waals surface area contributed by atoms with Crippen LogP contribution in [0, 0.1) is 0 Å². The molecule has 0 atom stereocenters. The van der Waals surface area contributed by atoms with Gasteiger partial charge in [-0.1, -0.05) is 12.1 Å². The maximum Gasteiger partial charge on any atom is 0.261 e. The molecule has 0 spiro atoms. The van der Waals surface area contributed by atoms with E-state index in [0.29, 0.717) is 24.1 Å². The lowest BCUT2D eigenvalue weighted by Gasteiger charge is -2.16. The van der Waals surface area contributed by atoms with E-state index in [1.54, 1.807) is 24.3 Å². The van der Waals surface area contributed by atoms with Crippen LogP contribution in [0.3, 0.4) is 0 Å². The highest BCUT2D eigenvalue weighted by molar-refractivity contribution is 7.92. The van der Waals surface area contributed by atoms with Crippen molar-refractivity contribution in [1.82, 2.24) is 5.32 Å². The normalized spacial score (nSPS) is 17.6. The predicted molar refractivity (Wildman–Crippen MR) is 107 cm³/mol. The van der Waals surface area contributed by atoms with Gasteiger partial charge in [0.05, 0.1) is 16.9 Å². The average molecular weight is 401 g/mol. The van der Waals surface area contributed by atoms with Crippen molar-refractivity contribution in [2.45, 2.75) is 49.0 Å². The van der Waals surface area contributed by atoms with Crippen molar-refractivity contribution in [2.24, 2.45) is 0 Å². The van der Waals surface area contributed by atoms with Gasteiger partial charge >= 0.3 is 0 Å². The number of ether oxygens (including phenoxy) is 1. The van der Waals surface area contributed by atoms with Crippen LogP contribution in [0.1, 0.15) is 38.2 Å². The highest BCUT2D eigenvalue weighted by Gasteiger charge is 2.52. The van der Waals surface area contributed by atoms with E-state index < -0.39 is 15.4 Å². The van der Waals surface area contributed by atoms with E-state index in [9.17, 15) is 13.2 Å². The summed E-state index contributed by atoms with van der Waals surface area (Å²) >= 11 is 0. The fourth-order valence-electron chi connectivity index (χ4n) is 3.28. The first kappa shape index (κ1) is 18.8. The van der Waals surface area contributed by atoms with E-state index in [4.69, 9.17) is 4.74 Å². The number of rotatable bonds is 8. The lowest BCUT2D eigenvalue weighted by Crippen LogP contribution is -2.36. The lowest BCUT2D eigenvalue weighted by molar-refractivity contribution is -0.123. The molecular weight excluding hydrogens is 376 g/mol. The Labute approximate surface area is 165 Å². The molecule has 7 heteroatoms. The maximum atomic E-state index is 12.6. The van der Waals surface area contributed by atoms with Crippen molar-refractivity contribution >= 4 is 21.6 Å². The van der Waals surface area contributed by atoms with Crippen LogP contribution in [0.2, 0.25) is 0 Å². The maximum absolute atomic E-state index is 12.6. The third-order valence-electron chi connectivity index (χ3n) is 5.23. The van der Waals surface area contributed by atoms with Crippen LogP contribution in [0.15, 0.2) is 53.4 Å². The molecular formula is C21H24N2O4S. The van der Waals surface area contributed by atoms with Gasteiger partial charge in [-0.25, -0.2) is 8.42 Å². The van der Waals surface area contributed by atoms with Crippen LogP contribution in [-0.2, 0) is 20.2 Å². The summed E-state index contributed by atoms with van der Waals surface area (Å²) in [7, 11) is -3.69. The fraction of sp³-hybridized carbons (Fsp3) is 0.381. The van der Waals surface area contributed by atoms with Gasteiger partial charge in [0.2, 0.25) is 5.91 Å². The highest BCUT2D eigenvalue weighted by Crippen LogP contribution is 2.49. The van der Waals surface area contributed by atoms with Gasteiger partial charge in [0.15, 0.2) is 0 Å². The number of sulfonamides is 1. The standard InChI is InChI=1S/C21H24N2O4S/c1-2-27-18-9-11-19(12-10-18)28(25,26)23-17-5-3-15(4-6-17)21(13-14-21)20(24)22-16-7-8-16/h3-6,9-12,16,23H,2,7-8,13-14H2,1H3,(H,22,24). The number of benzene rings is 2. The summed E-state index contributed by atoms with van der Waals surface area (Å²) in [6, 6.07) is 13.8. The van der Waals surface area contributed by atoms with Gasteiger partial charge in [0.1, 0.15) is 5.75 Å². The van der Waals surface area contributed by atoms with Gasteiger partial charge in [0.25, 0.3) is 10.0 Å². The Hall–Kier alpha value is -2.54. The van der Waals surface area contributed by atoms with Gasteiger partial charge < -0.3 is 10.1 Å². The smallest absolute Gasteiger partial charge is 0.261 e. The van der Waals surface area contributed by atoms with Crippen molar-refractivity contribution < 1.29 is 17.9 Å². The second-order valence-corrected chi connectivity index (χ2v) is 9.10. The predicted octanol–water partition coefficient (Wildman–Crippen LogP) is 3.20. The summed E-state index contributed by atoms with van der Waals surface area (Å²) in [5.41, 5.74) is 0.973. The Morgan fingerprint density at radius 1 is 1.07 bits per heavy atom. The molecule has 2 aromatic carbocycles. The van der Waals surface area contributed by atoms with Crippen molar-refractivity contribution in [3.05, 3.63) is 54.1 Å². The van der Waals surface area contributed by atoms with E-state index in [1.165, 1.54) is 12.1 Å². The third kappa shape index (κ3) is 3.85. The molecule has 148 valence electrons. The van der Waals surface area contributed by atoms with E-state index in [0.717, 1.165) is 31.2 Å². The number of anilines is 1. The summed E-state index contributed by atoms with van der Waals surface area (Å²) in [6.45, 7) is 2.40. The van der Waals surface area contributed by atoms with Crippen molar-refractivity contribution in [3.8, 4) is 5.75 Å². The molecule has 0 radical (unpaired) electrons. The van der Waals surface area contributed by atoms with Crippen LogP contribution in [0.5, 0.6) is 5.75 Å². The number of hydrogen-bond donors (Lipinski definition) is 2. The number of carbonyl (C=O) groups excluding carboxylic acids is 1. The Kier molecular flexibility index (Phi) is 4.79. The van der Waals surface area contributed by atoms with Crippen LogP contribution in [-0.4, -0.2) is 27.0 Å². The summed E-state index contributed by atoms with van der Waals surface area (Å²) in [5, 5.41) is 3.08. The van der Waals surface area contributed by atoms with Gasteiger partial charge in [-0.05, 0) is 74.6 Å². The first-order valence-electron chi connectivity index (χ1n) is 9.60. The van der Waals surface area contributed by atoms with Gasteiger partial charge in [0, 0.05) is 11.7 Å². The van der Waals surface area contributed by atoms with Crippen LogP contribution >= 0.6 is 0 Å². The third-order valence-corrected chi connectivity index (χ3v) is 6.63. The second kappa shape index (κ2) is 7.13. The number of hydrogen-bond acceptors (Lipinski definition) is 4. The lowest BCUT2D eigenvalue weighted by atomic mass is 9.95. The minimum Gasteiger partial charge on any atom is -0.494 e. The zero-order valence-corrected chi connectivity index (χ0v) is 16.6. The first-order chi connectivity index (χ1) is 13.4. The molecule has 1 amide bonds. The minimum atomic E-state index is -3.69. The molecule has 0 bridgehead atoms. The first-order valence-corrected chi connectivity index (χ1v) is 11.1. The monoisotopic (exact) mass is 400 g/mol. The van der Waals surface area contributed by atoms with Crippen LogP contribution in [0.4, 0.5) is 5.69 Å². The topological polar surface area (TPSA) is 84.5 Å². The molecule has 0 saturated heterocycles. The molecule has 0 heterocycles. The largest absolute Gasteiger partial charge is 0.494 e. The highest BCUT2D eigenvalue weighted by atomic mass is 32.2. The molecule has 0 aromatic heterocycles. The molecule has 4 rings (SSSR count). The Morgan fingerprint density at radius 3 is 2.25 bits per heavy atom. The average Bonchev–Trinajstić information content (AvgIpc) is 3.58. The van der Waals surface area contributed by atoms with E-state index >= 15 is 0 Å². The molecule has 2 aliphatic rings. The minimum absolute atomic E-state index is 0.0951. The van der Waals surface area contributed by atoms with E-state index in [1.807, 2.05) is 19.1 Å². The van der Waals surface area contributed by atoms with Crippen molar-refractivity contribution in [3.63, 3.8) is 0 Å². The number of amides is 1. The van der Waals surface area contributed by atoms with Crippen LogP contribution < -0.4 is 14.8 Å². The molecule has 2 aromatic rings. The molecule has 2 saturated carbocycles. The molecule has 2 fully saturated rings. The summed E-state index contributed by atoms with van der Waals surface area (Å²) in [6.07, 6.45) is 3.80. The van der Waals surface area contributed by atoms with Gasteiger partial charge in [-0.2, -0.15) is 0 Å². The van der Waals surface area contributed by atoms with Crippen molar-refractivity contribution in [1.29, 1.82) is 0 Å². The van der Waals surface area contributed by atoms with Crippen LogP contribution in [0.25, 0.3) is 0 Å². The van der Waals surface area contributed by atoms with Gasteiger partial charge in [-0.3, -0.25) is 9.52 Å². The quantitative estimate of drug-likeness (QED) is 0.713. The molecule has 0 aliphatic heterocycles. The zero-order valence-electron chi connectivity index (χ0n) is 15.8. The van der Waals surface area contributed by atoms with E-state index in [-0.39, 0.29) is 10.8 Å². The fourth-order valence-corrected chi connectivity index (χ4v) is 4.33. The summed E-state index contributed by atoms with van der Waals surface area (Å²) < 4.78 is 33.1. The molecule has 28 heavy (non-hydrogen) atoms. The summed E-state index contributed by atoms with van der Waals surface area (Å²) in [5.74, 6) is 0.725. The second-order valence-electron chi connectivity index (χ2n) is 7.42. The number of nitrogens with one attached hydrogen (secondary N) is 2. The molecule has 6 nitrogen and oxygen atoms in total. The van der Waals surface area contributed by atoms with Gasteiger partial charge in [-0.15, -0.1) is 0 Å². The zero-order chi connectivity index (χ0) is 19.8.